The second kappa shape index (κ2) is 7.74. The minimum atomic E-state index is -0.944. The van der Waals surface area contributed by atoms with Crippen LogP contribution in [0.3, 0.4) is 0 Å². The number of carbonyl (C=O) groups excluding carboxylic acids is 2. The summed E-state index contributed by atoms with van der Waals surface area (Å²) in [4.78, 5) is 28.2. The van der Waals surface area contributed by atoms with Crippen LogP contribution in [0.1, 0.15) is 33.3 Å². The fraction of sp³-hybridized carbons (Fsp3) is 0.111. The third-order valence-electron chi connectivity index (χ3n) is 6.06. The van der Waals surface area contributed by atoms with Crippen LogP contribution in [0.25, 0.3) is 11.0 Å². The summed E-state index contributed by atoms with van der Waals surface area (Å²) in [5.41, 5.74) is 3.43. The molecule has 4 aromatic rings. The summed E-state index contributed by atoms with van der Waals surface area (Å²) < 4.78 is 19.4. The highest BCUT2D eigenvalue weighted by atomic mass is 19.1. The van der Waals surface area contributed by atoms with Crippen molar-refractivity contribution in [1.82, 2.24) is 0 Å². The summed E-state index contributed by atoms with van der Waals surface area (Å²) in [6.07, 6.45) is 0. The standard InChI is InChI=1S/C27H20FNO4/c1-15-7-12-20(13-16(15)2)29-24(17-8-10-19(28)11-9-17)23(26(31)27(29)32)25(30)22-14-18-5-3-4-6-21(18)33-22/h3-14,24,31H,1-2H3. The van der Waals surface area contributed by atoms with E-state index in [0.717, 1.165) is 16.5 Å². The Hall–Kier alpha value is -4.19. The maximum atomic E-state index is 13.7. The molecule has 1 amide bonds. The molecule has 0 fully saturated rings. The Balaban J connectivity index is 1.67. The van der Waals surface area contributed by atoms with Crippen LogP contribution >= 0.6 is 0 Å². The number of hydrogen-bond donors (Lipinski definition) is 1. The Morgan fingerprint density at radius 2 is 1.70 bits per heavy atom. The molecule has 5 nitrogen and oxygen atoms in total. The Morgan fingerprint density at radius 3 is 2.39 bits per heavy atom. The Morgan fingerprint density at radius 1 is 0.970 bits per heavy atom. The number of benzene rings is 3. The van der Waals surface area contributed by atoms with Gasteiger partial charge in [0.25, 0.3) is 5.91 Å². The van der Waals surface area contributed by atoms with Crippen LogP contribution in [0, 0.1) is 19.7 Å². The molecule has 1 atom stereocenters. The van der Waals surface area contributed by atoms with Crippen molar-refractivity contribution in [1.29, 1.82) is 0 Å². The highest BCUT2D eigenvalue weighted by Gasteiger charge is 2.45. The van der Waals surface area contributed by atoms with Gasteiger partial charge in [0.15, 0.2) is 11.5 Å². The van der Waals surface area contributed by atoms with Crippen LogP contribution in [0.5, 0.6) is 0 Å². The molecule has 3 aromatic carbocycles. The number of Topliss-reactive ketones (excluding diaryl/α,β-unsaturated/α-hetero) is 1. The van der Waals surface area contributed by atoms with Gasteiger partial charge < -0.3 is 9.52 Å². The molecule has 6 heteroatoms. The van der Waals surface area contributed by atoms with E-state index in [2.05, 4.69) is 0 Å². The van der Waals surface area contributed by atoms with E-state index in [4.69, 9.17) is 4.42 Å². The number of aliphatic hydroxyl groups is 1. The summed E-state index contributed by atoms with van der Waals surface area (Å²) in [7, 11) is 0. The van der Waals surface area contributed by atoms with Gasteiger partial charge in [0, 0.05) is 11.1 Å². The number of anilines is 1. The molecule has 1 aliphatic heterocycles. The van der Waals surface area contributed by atoms with E-state index in [0.29, 0.717) is 16.8 Å². The van der Waals surface area contributed by atoms with Crippen molar-refractivity contribution in [3.63, 3.8) is 0 Å². The van der Waals surface area contributed by atoms with Crippen molar-refractivity contribution in [3.8, 4) is 0 Å². The fourth-order valence-electron chi connectivity index (χ4n) is 4.17. The van der Waals surface area contributed by atoms with E-state index in [-0.39, 0.29) is 11.3 Å². The third kappa shape index (κ3) is 3.40. The first-order valence-electron chi connectivity index (χ1n) is 10.5. The first-order valence-corrected chi connectivity index (χ1v) is 10.5. The molecule has 1 unspecified atom stereocenters. The number of carbonyl (C=O) groups is 2. The highest BCUT2D eigenvalue weighted by molar-refractivity contribution is 6.20. The quantitative estimate of drug-likeness (QED) is 0.396. The van der Waals surface area contributed by atoms with Crippen molar-refractivity contribution in [3.05, 3.63) is 112 Å². The monoisotopic (exact) mass is 441 g/mol. The molecule has 1 aliphatic rings. The van der Waals surface area contributed by atoms with E-state index in [1.54, 1.807) is 24.3 Å². The first-order chi connectivity index (χ1) is 15.8. The first kappa shape index (κ1) is 20.7. The van der Waals surface area contributed by atoms with Crippen molar-refractivity contribution in [2.24, 2.45) is 0 Å². The average Bonchev–Trinajstić information content (AvgIpc) is 3.35. The normalized spacial score (nSPS) is 16.2. The second-order valence-electron chi connectivity index (χ2n) is 8.14. The lowest BCUT2D eigenvalue weighted by molar-refractivity contribution is -0.117. The van der Waals surface area contributed by atoms with Gasteiger partial charge in [-0.05, 0) is 66.9 Å². The van der Waals surface area contributed by atoms with Crippen LogP contribution < -0.4 is 4.90 Å². The lowest BCUT2D eigenvalue weighted by Crippen LogP contribution is -2.31. The van der Waals surface area contributed by atoms with Gasteiger partial charge in [-0.1, -0.05) is 36.4 Å². The molecule has 0 radical (unpaired) electrons. The zero-order chi connectivity index (χ0) is 23.3. The van der Waals surface area contributed by atoms with Gasteiger partial charge in [0.05, 0.1) is 11.6 Å². The predicted octanol–water partition coefficient (Wildman–Crippen LogP) is 5.97. The van der Waals surface area contributed by atoms with Crippen molar-refractivity contribution in [2.45, 2.75) is 19.9 Å². The minimum Gasteiger partial charge on any atom is -0.503 e. The maximum Gasteiger partial charge on any atom is 0.294 e. The zero-order valence-electron chi connectivity index (χ0n) is 18.0. The van der Waals surface area contributed by atoms with Crippen molar-refractivity contribution < 1.29 is 23.5 Å². The van der Waals surface area contributed by atoms with E-state index in [1.807, 2.05) is 38.1 Å². The molecular formula is C27H20FNO4. The van der Waals surface area contributed by atoms with Gasteiger partial charge in [-0.25, -0.2) is 4.39 Å². The smallest absolute Gasteiger partial charge is 0.294 e. The number of rotatable bonds is 4. The molecular weight excluding hydrogens is 421 g/mol. The molecule has 1 aromatic heterocycles. The van der Waals surface area contributed by atoms with Gasteiger partial charge in [-0.15, -0.1) is 0 Å². The summed E-state index contributed by atoms with van der Waals surface area (Å²) in [5, 5.41) is 11.6. The van der Waals surface area contributed by atoms with E-state index < -0.39 is 29.3 Å². The van der Waals surface area contributed by atoms with E-state index >= 15 is 0 Å². The Labute approximate surface area is 189 Å². The van der Waals surface area contributed by atoms with Crippen molar-refractivity contribution >= 4 is 28.3 Å². The second-order valence-corrected chi connectivity index (χ2v) is 8.14. The fourth-order valence-corrected chi connectivity index (χ4v) is 4.17. The number of aliphatic hydroxyl groups excluding tert-OH is 1. The zero-order valence-corrected chi connectivity index (χ0v) is 18.0. The van der Waals surface area contributed by atoms with Crippen molar-refractivity contribution in [2.75, 3.05) is 4.90 Å². The van der Waals surface area contributed by atoms with Crippen LogP contribution in [0.2, 0.25) is 0 Å². The van der Waals surface area contributed by atoms with E-state index in [9.17, 15) is 19.1 Å². The summed E-state index contributed by atoms with van der Waals surface area (Å²) in [5.74, 6) is -2.38. The number of nitrogens with zero attached hydrogens (tertiary/aromatic N) is 1. The SMILES string of the molecule is Cc1ccc(N2C(=O)C(O)=C(C(=O)c3cc4ccccc4o3)C2c2ccc(F)cc2)cc1C. The Kier molecular flexibility index (Phi) is 4.86. The maximum absolute atomic E-state index is 13.7. The number of hydrogen-bond acceptors (Lipinski definition) is 4. The van der Waals surface area contributed by atoms with Crippen LogP contribution in [0.4, 0.5) is 10.1 Å². The van der Waals surface area contributed by atoms with Crippen LogP contribution in [-0.4, -0.2) is 16.8 Å². The van der Waals surface area contributed by atoms with E-state index in [1.165, 1.54) is 29.2 Å². The molecule has 0 aliphatic carbocycles. The number of fused-ring (bicyclic) bond motifs is 1. The molecule has 5 rings (SSSR count). The third-order valence-corrected chi connectivity index (χ3v) is 6.06. The summed E-state index contributed by atoms with van der Waals surface area (Å²) in [6, 6.07) is 18.8. The largest absolute Gasteiger partial charge is 0.503 e. The van der Waals surface area contributed by atoms with Crippen LogP contribution in [-0.2, 0) is 4.79 Å². The molecule has 0 spiro atoms. The minimum absolute atomic E-state index is 0.0135. The number of furan rings is 1. The molecule has 0 saturated heterocycles. The van der Waals surface area contributed by atoms with Gasteiger partial charge >= 0.3 is 0 Å². The molecule has 164 valence electrons. The topological polar surface area (TPSA) is 70.8 Å². The van der Waals surface area contributed by atoms with Crippen LogP contribution in [0.15, 0.2) is 88.5 Å². The lowest BCUT2D eigenvalue weighted by Gasteiger charge is -2.27. The number of para-hydroxylation sites is 1. The predicted molar refractivity (Wildman–Crippen MR) is 123 cm³/mol. The lowest BCUT2D eigenvalue weighted by atomic mass is 9.94. The Bertz CT molecular complexity index is 1420. The van der Waals surface area contributed by atoms with Gasteiger partial charge in [0.2, 0.25) is 5.78 Å². The molecule has 33 heavy (non-hydrogen) atoms. The van der Waals surface area contributed by atoms with Gasteiger partial charge in [-0.3, -0.25) is 14.5 Å². The highest BCUT2D eigenvalue weighted by Crippen LogP contribution is 2.42. The molecule has 0 bridgehead atoms. The molecule has 0 saturated carbocycles. The average molecular weight is 441 g/mol. The summed E-state index contributed by atoms with van der Waals surface area (Å²) >= 11 is 0. The summed E-state index contributed by atoms with van der Waals surface area (Å²) in [6.45, 7) is 3.87. The van der Waals surface area contributed by atoms with Gasteiger partial charge in [0.1, 0.15) is 11.4 Å². The number of amides is 1. The van der Waals surface area contributed by atoms with Gasteiger partial charge in [-0.2, -0.15) is 0 Å². The number of ketones is 1. The number of aryl methyl sites for hydroxylation is 2. The molecule has 2 heterocycles. The number of halogens is 1. The molecule has 1 N–H and O–H groups in total.